The molecule has 0 bridgehead atoms. The Morgan fingerprint density at radius 1 is 1.67 bits per heavy atom. The Balaban J connectivity index is 2.19. The maximum atomic E-state index is 5.52. The zero-order valence-corrected chi connectivity index (χ0v) is 7.12. The van der Waals surface area contributed by atoms with E-state index in [1.165, 1.54) is 12.8 Å². The zero-order chi connectivity index (χ0) is 8.39. The molecule has 1 unspecified atom stereocenters. The number of aryl methyl sites for hydroxylation is 1. The molecule has 0 aromatic carbocycles. The summed E-state index contributed by atoms with van der Waals surface area (Å²) in [5.41, 5.74) is 6.68. The summed E-state index contributed by atoms with van der Waals surface area (Å²) in [6.07, 6.45) is 6.10. The first-order valence-electron chi connectivity index (χ1n) is 4.54. The van der Waals surface area contributed by atoms with Crippen LogP contribution in [-0.4, -0.2) is 11.5 Å². The fourth-order valence-electron chi connectivity index (χ4n) is 1.92. The Hall–Kier alpha value is -0.830. The Kier molecular flexibility index (Phi) is 2.13. The molecule has 1 aliphatic carbocycles. The predicted molar refractivity (Wildman–Crippen MR) is 45.9 cm³/mol. The summed E-state index contributed by atoms with van der Waals surface area (Å²) < 4.78 is 5.35. The summed E-state index contributed by atoms with van der Waals surface area (Å²) in [7, 11) is 0. The second kappa shape index (κ2) is 3.27. The van der Waals surface area contributed by atoms with Crippen LogP contribution in [0.3, 0.4) is 0 Å². The van der Waals surface area contributed by atoms with Crippen molar-refractivity contribution in [3.05, 3.63) is 17.8 Å². The Morgan fingerprint density at radius 3 is 3.42 bits per heavy atom. The van der Waals surface area contributed by atoms with Gasteiger partial charge in [-0.3, -0.25) is 0 Å². The van der Waals surface area contributed by atoms with Gasteiger partial charge >= 0.3 is 0 Å². The van der Waals surface area contributed by atoms with Crippen LogP contribution in [0.2, 0.25) is 0 Å². The minimum absolute atomic E-state index is 0.529. The van der Waals surface area contributed by atoms with Crippen molar-refractivity contribution in [2.24, 2.45) is 5.73 Å². The first-order valence-corrected chi connectivity index (χ1v) is 4.54. The summed E-state index contributed by atoms with van der Waals surface area (Å²) in [6, 6.07) is 0. The first kappa shape index (κ1) is 7.80. The molecule has 0 saturated heterocycles. The molecular formula is C9H14N2O. The lowest BCUT2D eigenvalue weighted by atomic mass is 9.88. The van der Waals surface area contributed by atoms with Crippen LogP contribution < -0.4 is 5.73 Å². The smallest absolute Gasteiger partial charge is 0.181 e. The molecule has 1 aliphatic rings. The molecule has 2 rings (SSSR count). The number of aromatic nitrogens is 1. The number of fused-ring (bicyclic) bond motifs is 1. The average Bonchev–Trinajstić information content (AvgIpc) is 2.53. The van der Waals surface area contributed by atoms with E-state index in [0.29, 0.717) is 5.92 Å². The van der Waals surface area contributed by atoms with Crippen LogP contribution in [0.15, 0.2) is 10.8 Å². The molecule has 3 heteroatoms. The number of hydrogen-bond acceptors (Lipinski definition) is 3. The third-order valence-electron chi connectivity index (χ3n) is 2.52. The molecule has 1 heterocycles. The fraction of sp³-hybridized carbons (Fsp3) is 0.667. The van der Waals surface area contributed by atoms with E-state index in [0.717, 1.165) is 30.8 Å². The van der Waals surface area contributed by atoms with Crippen molar-refractivity contribution in [2.45, 2.75) is 31.6 Å². The molecule has 0 saturated carbocycles. The van der Waals surface area contributed by atoms with Gasteiger partial charge in [-0.05, 0) is 32.2 Å². The van der Waals surface area contributed by atoms with Crippen molar-refractivity contribution >= 4 is 0 Å². The molecule has 0 amide bonds. The normalized spacial score (nSPS) is 22.2. The largest absolute Gasteiger partial charge is 0.448 e. The Labute approximate surface area is 72.0 Å². The second-order valence-electron chi connectivity index (χ2n) is 3.33. The van der Waals surface area contributed by atoms with Crippen LogP contribution in [0.1, 0.15) is 36.6 Å². The van der Waals surface area contributed by atoms with Gasteiger partial charge in [0.05, 0.1) is 5.69 Å². The fourth-order valence-corrected chi connectivity index (χ4v) is 1.92. The first-order chi connectivity index (χ1) is 5.92. The van der Waals surface area contributed by atoms with E-state index in [2.05, 4.69) is 4.98 Å². The van der Waals surface area contributed by atoms with E-state index in [4.69, 9.17) is 10.2 Å². The van der Waals surface area contributed by atoms with Gasteiger partial charge in [0, 0.05) is 5.92 Å². The molecule has 0 radical (unpaired) electrons. The second-order valence-corrected chi connectivity index (χ2v) is 3.33. The third kappa shape index (κ3) is 1.25. The maximum Gasteiger partial charge on any atom is 0.181 e. The Morgan fingerprint density at radius 2 is 2.58 bits per heavy atom. The van der Waals surface area contributed by atoms with Gasteiger partial charge in [-0.15, -0.1) is 0 Å². The van der Waals surface area contributed by atoms with Gasteiger partial charge in [0.2, 0.25) is 0 Å². The van der Waals surface area contributed by atoms with E-state index >= 15 is 0 Å². The van der Waals surface area contributed by atoms with E-state index in [1.54, 1.807) is 6.39 Å². The van der Waals surface area contributed by atoms with Crippen LogP contribution in [0.25, 0.3) is 0 Å². The van der Waals surface area contributed by atoms with Gasteiger partial charge < -0.3 is 10.2 Å². The molecule has 1 atom stereocenters. The molecule has 2 N–H and O–H groups in total. The molecule has 66 valence electrons. The number of nitrogens with zero attached hydrogens (tertiary/aromatic N) is 1. The van der Waals surface area contributed by atoms with Crippen molar-refractivity contribution in [2.75, 3.05) is 6.54 Å². The monoisotopic (exact) mass is 166 g/mol. The summed E-state index contributed by atoms with van der Waals surface area (Å²) in [6.45, 7) is 0.741. The van der Waals surface area contributed by atoms with Gasteiger partial charge in [-0.1, -0.05) is 0 Å². The molecule has 0 aliphatic heterocycles. The maximum absolute atomic E-state index is 5.52. The van der Waals surface area contributed by atoms with Crippen LogP contribution in [0.4, 0.5) is 0 Å². The Bertz CT molecular complexity index is 257. The lowest BCUT2D eigenvalue weighted by Gasteiger charge is -2.18. The standard InChI is InChI=1S/C9H14N2O/c10-5-4-7-2-1-3-8-9(7)12-6-11-8/h6-7H,1-5,10H2. The number of hydrogen-bond donors (Lipinski definition) is 1. The van der Waals surface area contributed by atoms with Crippen LogP contribution in [0.5, 0.6) is 0 Å². The van der Waals surface area contributed by atoms with Crippen LogP contribution >= 0.6 is 0 Å². The van der Waals surface area contributed by atoms with Crippen molar-refractivity contribution in [3.8, 4) is 0 Å². The summed E-state index contributed by atoms with van der Waals surface area (Å²) in [5.74, 6) is 1.62. The van der Waals surface area contributed by atoms with Crippen molar-refractivity contribution in [3.63, 3.8) is 0 Å². The van der Waals surface area contributed by atoms with Gasteiger partial charge in [0.1, 0.15) is 5.76 Å². The van der Waals surface area contributed by atoms with Crippen molar-refractivity contribution in [1.29, 1.82) is 0 Å². The van der Waals surface area contributed by atoms with Crippen LogP contribution in [-0.2, 0) is 6.42 Å². The van der Waals surface area contributed by atoms with Crippen molar-refractivity contribution < 1.29 is 4.42 Å². The topological polar surface area (TPSA) is 52.0 Å². The molecule has 0 fully saturated rings. The predicted octanol–water partition coefficient (Wildman–Crippen LogP) is 1.44. The number of oxazole rings is 1. The molecule has 1 aromatic rings. The van der Waals surface area contributed by atoms with Gasteiger partial charge in [0.25, 0.3) is 0 Å². The summed E-state index contributed by atoms with van der Waals surface area (Å²) >= 11 is 0. The zero-order valence-electron chi connectivity index (χ0n) is 7.12. The highest BCUT2D eigenvalue weighted by Crippen LogP contribution is 2.32. The summed E-state index contributed by atoms with van der Waals surface area (Å²) in [4.78, 5) is 4.18. The van der Waals surface area contributed by atoms with E-state index in [9.17, 15) is 0 Å². The highest BCUT2D eigenvalue weighted by atomic mass is 16.3. The average molecular weight is 166 g/mol. The van der Waals surface area contributed by atoms with Gasteiger partial charge in [-0.2, -0.15) is 0 Å². The van der Waals surface area contributed by atoms with Crippen molar-refractivity contribution in [1.82, 2.24) is 4.98 Å². The molecule has 12 heavy (non-hydrogen) atoms. The lowest BCUT2D eigenvalue weighted by Crippen LogP contribution is -2.12. The quantitative estimate of drug-likeness (QED) is 0.723. The minimum Gasteiger partial charge on any atom is -0.448 e. The summed E-state index contributed by atoms with van der Waals surface area (Å²) in [5, 5.41) is 0. The molecule has 0 spiro atoms. The SMILES string of the molecule is NCCC1CCCc2ncoc21. The van der Waals surface area contributed by atoms with E-state index in [-0.39, 0.29) is 0 Å². The van der Waals surface area contributed by atoms with Crippen LogP contribution in [0, 0.1) is 0 Å². The van der Waals surface area contributed by atoms with Gasteiger partial charge in [-0.25, -0.2) is 4.98 Å². The van der Waals surface area contributed by atoms with Gasteiger partial charge in [0.15, 0.2) is 6.39 Å². The number of rotatable bonds is 2. The van der Waals surface area contributed by atoms with E-state index < -0.39 is 0 Å². The molecule has 1 aromatic heterocycles. The highest BCUT2D eigenvalue weighted by Gasteiger charge is 2.23. The van der Waals surface area contributed by atoms with E-state index in [1.807, 2.05) is 0 Å². The highest BCUT2D eigenvalue weighted by molar-refractivity contribution is 5.16. The minimum atomic E-state index is 0.529. The molecular weight excluding hydrogens is 152 g/mol. The lowest BCUT2D eigenvalue weighted by molar-refractivity contribution is 0.404. The molecule has 3 nitrogen and oxygen atoms in total. The third-order valence-corrected chi connectivity index (χ3v) is 2.52. The number of nitrogens with two attached hydrogens (primary N) is 1.